The molecule has 0 bridgehead atoms. The molecule has 1 N–H and O–H groups in total. The molecule has 1 fully saturated rings. The third-order valence-electron chi connectivity index (χ3n) is 4.31. The van der Waals surface area contributed by atoms with Gasteiger partial charge in [0, 0.05) is 20.2 Å². The van der Waals surface area contributed by atoms with Gasteiger partial charge in [0.2, 0.25) is 11.9 Å². The molecule has 2 aliphatic heterocycles. The first kappa shape index (κ1) is 15.7. The smallest absolute Gasteiger partial charge is 0.396 e. The molecule has 1 atom stereocenters. The number of hydrogen-bond acceptors (Lipinski definition) is 4. The highest BCUT2D eigenvalue weighted by Crippen LogP contribution is 2.29. The number of hydrogen-bond donors (Lipinski definition) is 1. The zero-order chi connectivity index (χ0) is 16.7. The fourth-order valence-electron chi connectivity index (χ4n) is 3.17. The van der Waals surface area contributed by atoms with Crippen LogP contribution in [-0.2, 0) is 11.3 Å². The number of imidazole rings is 1. The quantitative estimate of drug-likeness (QED) is 0.795. The van der Waals surface area contributed by atoms with Crippen LogP contribution in [0.25, 0.3) is 0 Å². The van der Waals surface area contributed by atoms with Gasteiger partial charge in [0.05, 0.1) is 6.54 Å². The van der Waals surface area contributed by atoms with Crippen molar-refractivity contribution in [3.8, 4) is 0 Å². The number of aliphatic hydroxyl groups excluding tert-OH is 1. The molecule has 8 nitrogen and oxygen atoms in total. The first-order chi connectivity index (χ1) is 11.0. The van der Waals surface area contributed by atoms with Gasteiger partial charge < -0.3 is 5.11 Å². The van der Waals surface area contributed by atoms with E-state index in [0.717, 1.165) is 18.7 Å². The fraction of sp³-hybridized carbons (Fsp3) is 0.600. The van der Waals surface area contributed by atoms with Gasteiger partial charge in [-0.15, -0.1) is 0 Å². The van der Waals surface area contributed by atoms with Crippen LogP contribution in [0.4, 0.5) is 10.7 Å². The molecule has 0 saturated carbocycles. The number of nitrogens with zero attached hydrogens (tertiary/aromatic N) is 5. The maximum absolute atomic E-state index is 12.8. The minimum Gasteiger partial charge on any atom is -0.396 e. The van der Waals surface area contributed by atoms with Crippen LogP contribution in [0.5, 0.6) is 0 Å². The van der Waals surface area contributed by atoms with Crippen molar-refractivity contribution in [2.75, 3.05) is 20.2 Å². The number of aliphatic imine (C=N–C) groups is 1. The number of aromatic nitrogens is 2. The number of amidine groups is 1. The predicted octanol–water partition coefficient (Wildman–Crippen LogP) is 0.355. The Labute approximate surface area is 134 Å². The summed E-state index contributed by atoms with van der Waals surface area (Å²) in [5.41, 5.74) is 1.04. The average Bonchev–Trinajstić information content (AvgIpc) is 3.02. The van der Waals surface area contributed by atoms with Crippen molar-refractivity contribution < 1.29 is 19.3 Å². The highest BCUT2D eigenvalue weighted by atomic mass is 16.3. The van der Waals surface area contributed by atoms with E-state index >= 15 is 0 Å². The van der Waals surface area contributed by atoms with Crippen molar-refractivity contribution in [2.45, 2.75) is 39.3 Å². The minimum atomic E-state index is -0.594. The normalized spacial score (nSPS) is 20.0. The van der Waals surface area contributed by atoms with Crippen LogP contribution in [0.3, 0.4) is 0 Å². The molecular formula is C15H22N5O3+. The molecule has 0 aliphatic carbocycles. The summed E-state index contributed by atoms with van der Waals surface area (Å²) in [5, 5.41) is 8.98. The van der Waals surface area contributed by atoms with Crippen LogP contribution >= 0.6 is 0 Å². The van der Waals surface area contributed by atoms with Crippen LogP contribution in [-0.4, -0.2) is 57.4 Å². The van der Waals surface area contributed by atoms with Gasteiger partial charge in [0.15, 0.2) is 0 Å². The molecule has 1 saturated heterocycles. The highest BCUT2D eigenvalue weighted by Gasteiger charge is 2.52. The van der Waals surface area contributed by atoms with Crippen LogP contribution in [0.15, 0.2) is 11.2 Å². The van der Waals surface area contributed by atoms with E-state index < -0.39 is 6.04 Å². The lowest BCUT2D eigenvalue weighted by Crippen LogP contribution is -2.62. The molecule has 1 aromatic heterocycles. The van der Waals surface area contributed by atoms with Gasteiger partial charge in [-0.3, -0.25) is 14.6 Å². The number of fused-ring (bicyclic) bond motifs is 3. The standard InChI is InChI=1S/C15H22N5O3/c1-4-6-18-10(2)9-20-11-12(16-14(18)20)17(3)15(23)19(13(11)22)7-5-8-21/h9,11,21H,4-8H2,1-3H3/q+1. The molecule has 124 valence electrons. The summed E-state index contributed by atoms with van der Waals surface area (Å²) in [6, 6.07) is -0.980. The van der Waals surface area contributed by atoms with E-state index in [-0.39, 0.29) is 25.1 Å². The Bertz CT molecular complexity index is 694. The molecule has 0 spiro atoms. The molecule has 2 aliphatic rings. The van der Waals surface area contributed by atoms with Gasteiger partial charge in [0.1, 0.15) is 11.9 Å². The Hall–Kier alpha value is -2.22. The summed E-state index contributed by atoms with van der Waals surface area (Å²) in [5.74, 6) is 0.902. The fourth-order valence-corrected chi connectivity index (χ4v) is 3.17. The second-order valence-electron chi connectivity index (χ2n) is 5.91. The van der Waals surface area contributed by atoms with Crippen molar-refractivity contribution >= 4 is 23.7 Å². The van der Waals surface area contributed by atoms with Crippen molar-refractivity contribution in [3.63, 3.8) is 0 Å². The average molecular weight is 320 g/mol. The van der Waals surface area contributed by atoms with E-state index in [2.05, 4.69) is 16.5 Å². The largest absolute Gasteiger partial charge is 0.401 e. The number of aliphatic hydroxyl groups is 1. The maximum atomic E-state index is 12.8. The highest BCUT2D eigenvalue weighted by molar-refractivity contribution is 6.19. The van der Waals surface area contributed by atoms with Crippen molar-refractivity contribution in [3.05, 3.63) is 11.9 Å². The van der Waals surface area contributed by atoms with Gasteiger partial charge in [-0.2, -0.15) is 0 Å². The molecule has 1 unspecified atom stereocenters. The Balaban J connectivity index is 2.02. The molecule has 0 radical (unpaired) electrons. The van der Waals surface area contributed by atoms with E-state index in [1.54, 1.807) is 7.05 Å². The van der Waals surface area contributed by atoms with Crippen LogP contribution < -0.4 is 4.57 Å². The monoisotopic (exact) mass is 320 g/mol. The summed E-state index contributed by atoms with van der Waals surface area (Å²) >= 11 is 0. The van der Waals surface area contributed by atoms with Gasteiger partial charge in [-0.1, -0.05) is 11.9 Å². The summed E-state index contributed by atoms with van der Waals surface area (Å²) in [4.78, 5) is 32.4. The lowest BCUT2D eigenvalue weighted by molar-refractivity contribution is -0.677. The Morgan fingerprint density at radius 3 is 2.74 bits per heavy atom. The van der Waals surface area contributed by atoms with Gasteiger partial charge in [-0.25, -0.2) is 13.9 Å². The molecular weight excluding hydrogens is 298 g/mol. The topological polar surface area (TPSA) is 82.0 Å². The van der Waals surface area contributed by atoms with Gasteiger partial charge in [0.25, 0.3) is 5.91 Å². The van der Waals surface area contributed by atoms with Gasteiger partial charge >= 0.3 is 12.0 Å². The zero-order valence-electron chi connectivity index (χ0n) is 13.7. The lowest BCUT2D eigenvalue weighted by Gasteiger charge is -2.32. The zero-order valence-corrected chi connectivity index (χ0v) is 13.7. The minimum absolute atomic E-state index is 0.0588. The van der Waals surface area contributed by atoms with E-state index in [1.807, 2.05) is 17.7 Å². The number of amides is 3. The molecule has 3 heterocycles. The molecule has 3 rings (SSSR count). The second-order valence-corrected chi connectivity index (χ2v) is 5.91. The van der Waals surface area contributed by atoms with E-state index in [4.69, 9.17) is 5.11 Å². The van der Waals surface area contributed by atoms with Gasteiger partial charge in [-0.05, 0) is 19.8 Å². The third kappa shape index (κ3) is 2.24. The molecule has 23 heavy (non-hydrogen) atoms. The van der Waals surface area contributed by atoms with Crippen LogP contribution in [0, 0.1) is 6.92 Å². The van der Waals surface area contributed by atoms with E-state index in [0.29, 0.717) is 18.2 Å². The van der Waals surface area contributed by atoms with E-state index in [9.17, 15) is 9.59 Å². The van der Waals surface area contributed by atoms with Crippen LogP contribution in [0.2, 0.25) is 0 Å². The SMILES string of the molecule is CCCn1c(C)c[n+]2c1N=C1C2C(=O)N(CCCO)C(=O)N1C. The van der Waals surface area contributed by atoms with Crippen molar-refractivity contribution in [2.24, 2.45) is 4.99 Å². The number of carbonyl (C=O) groups excluding carboxylic acids is 2. The molecule has 3 amide bonds. The Morgan fingerprint density at radius 2 is 2.09 bits per heavy atom. The number of rotatable bonds is 5. The first-order valence-electron chi connectivity index (χ1n) is 7.91. The number of aryl methyl sites for hydroxylation is 1. The summed E-state index contributed by atoms with van der Waals surface area (Å²) in [6.07, 6.45) is 3.25. The molecule has 8 heteroatoms. The lowest BCUT2D eigenvalue weighted by atomic mass is 10.1. The number of imide groups is 1. The predicted molar refractivity (Wildman–Crippen MR) is 82.4 cm³/mol. The third-order valence-corrected chi connectivity index (χ3v) is 4.31. The first-order valence-corrected chi connectivity index (χ1v) is 7.91. The Morgan fingerprint density at radius 1 is 1.35 bits per heavy atom. The Kier molecular flexibility index (Phi) is 3.93. The second kappa shape index (κ2) is 5.77. The van der Waals surface area contributed by atoms with Crippen LogP contribution in [0.1, 0.15) is 31.5 Å². The summed E-state index contributed by atoms with van der Waals surface area (Å²) in [6.45, 7) is 5.05. The van der Waals surface area contributed by atoms with E-state index in [1.165, 1.54) is 9.80 Å². The number of likely N-dealkylation sites (N-methyl/N-ethyl adjacent to an activating group) is 1. The number of carbonyl (C=O) groups is 2. The molecule has 1 aromatic rings. The van der Waals surface area contributed by atoms with Crippen molar-refractivity contribution in [1.29, 1.82) is 0 Å². The van der Waals surface area contributed by atoms with Crippen molar-refractivity contribution in [1.82, 2.24) is 14.4 Å². The number of urea groups is 1. The maximum Gasteiger partial charge on any atom is 0.401 e. The summed E-state index contributed by atoms with van der Waals surface area (Å²) < 4.78 is 3.91. The molecule has 0 aromatic carbocycles. The summed E-state index contributed by atoms with van der Waals surface area (Å²) in [7, 11) is 1.63.